The smallest absolute Gasteiger partial charge is 0.306 e. The molecule has 0 saturated carbocycles. The Morgan fingerprint density at radius 3 is 2.78 bits per heavy atom. The number of cyclic esters (lactones) is 1. The fourth-order valence-electron chi connectivity index (χ4n) is 0.842. The summed E-state index contributed by atoms with van der Waals surface area (Å²) in [6.45, 7) is 2.06. The van der Waals surface area contributed by atoms with Gasteiger partial charge in [-0.15, -0.1) is 0 Å². The molecule has 0 amide bonds. The van der Waals surface area contributed by atoms with E-state index in [1.807, 2.05) is 0 Å². The molecule has 1 saturated heterocycles. The van der Waals surface area contributed by atoms with Gasteiger partial charge in [0.2, 0.25) is 0 Å². The number of carbonyl (C=O) groups excluding carboxylic acids is 1. The summed E-state index contributed by atoms with van der Waals surface area (Å²) in [5.74, 6) is -0.168. The normalized spacial score (nSPS) is 30.0. The van der Waals surface area contributed by atoms with E-state index < -0.39 is 6.10 Å². The van der Waals surface area contributed by atoms with Crippen molar-refractivity contribution in [3.05, 3.63) is 0 Å². The van der Waals surface area contributed by atoms with Crippen molar-refractivity contribution >= 4 is 5.97 Å². The van der Waals surface area contributed by atoms with Gasteiger partial charge in [-0.2, -0.15) is 0 Å². The lowest BCUT2D eigenvalue weighted by Crippen LogP contribution is -2.15. The molecule has 0 spiro atoms. The van der Waals surface area contributed by atoms with Gasteiger partial charge in [0.25, 0.3) is 0 Å². The fraction of sp³-hybridized carbons (Fsp3) is 0.833. The van der Waals surface area contributed by atoms with Crippen LogP contribution in [0, 0.1) is 5.92 Å². The highest BCUT2D eigenvalue weighted by Gasteiger charge is 2.26. The molecule has 1 aliphatic rings. The predicted molar refractivity (Wildman–Crippen MR) is 30.7 cm³/mol. The third-order valence-electron chi connectivity index (χ3n) is 1.57. The van der Waals surface area contributed by atoms with E-state index in [1.54, 1.807) is 6.92 Å². The highest BCUT2D eigenvalue weighted by Crippen LogP contribution is 2.16. The SMILES string of the molecule is C[C@@H](O)[C@@H]1COC(=O)C1. The molecule has 1 rings (SSSR count). The van der Waals surface area contributed by atoms with Gasteiger partial charge < -0.3 is 9.84 Å². The molecule has 1 fully saturated rings. The number of hydrogen-bond acceptors (Lipinski definition) is 3. The largest absolute Gasteiger partial charge is 0.465 e. The first kappa shape index (κ1) is 6.55. The zero-order valence-electron chi connectivity index (χ0n) is 5.33. The van der Waals surface area contributed by atoms with E-state index in [4.69, 9.17) is 5.11 Å². The zero-order valence-corrected chi connectivity index (χ0v) is 5.33. The molecule has 3 heteroatoms. The molecule has 3 nitrogen and oxygen atoms in total. The molecule has 0 unspecified atom stereocenters. The molecule has 0 aromatic carbocycles. The van der Waals surface area contributed by atoms with Crippen LogP contribution >= 0.6 is 0 Å². The second-order valence-corrected chi connectivity index (χ2v) is 2.39. The third-order valence-corrected chi connectivity index (χ3v) is 1.57. The number of esters is 1. The third kappa shape index (κ3) is 1.42. The molecule has 1 aliphatic heterocycles. The summed E-state index contributed by atoms with van der Waals surface area (Å²) >= 11 is 0. The van der Waals surface area contributed by atoms with Crippen LogP contribution in [0.2, 0.25) is 0 Å². The molecule has 0 aromatic rings. The molecule has 52 valence electrons. The lowest BCUT2D eigenvalue weighted by molar-refractivity contribution is -0.137. The van der Waals surface area contributed by atoms with Crippen molar-refractivity contribution in [3.8, 4) is 0 Å². The minimum atomic E-state index is -0.420. The molecule has 1 heterocycles. The van der Waals surface area contributed by atoms with E-state index in [1.165, 1.54) is 0 Å². The summed E-state index contributed by atoms with van der Waals surface area (Å²) < 4.78 is 4.63. The number of carbonyl (C=O) groups is 1. The fourth-order valence-corrected chi connectivity index (χ4v) is 0.842. The minimum Gasteiger partial charge on any atom is -0.465 e. The number of aliphatic hydroxyl groups excluding tert-OH is 1. The lowest BCUT2D eigenvalue weighted by Gasteiger charge is -2.07. The van der Waals surface area contributed by atoms with Gasteiger partial charge in [-0.25, -0.2) is 0 Å². The summed E-state index contributed by atoms with van der Waals surface area (Å²) in [5.41, 5.74) is 0. The molecular weight excluding hydrogens is 120 g/mol. The van der Waals surface area contributed by atoms with Gasteiger partial charge in [0.15, 0.2) is 0 Å². The predicted octanol–water partition coefficient (Wildman–Crippen LogP) is -0.0697. The highest BCUT2D eigenvalue weighted by atomic mass is 16.5. The molecule has 0 aliphatic carbocycles. The Bertz CT molecular complexity index is 119. The average Bonchev–Trinajstić information content (AvgIpc) is 2.14. The van der Waals surface area contributed by atoms with Crippen LogP contribution in [-0.2, 0) is 9.53 Å². The number of hydrogen-bond donors (Lipinski definition) is 1. The quantitative estimate of drug-likeness (QED) is 0.505. The molecular formula is C6H10O3. The Morgan fingerprint density at radius 1 is 1.89 bits per heavy atom. The second-order valence-electron chi connectivity index (χ2n) is 2.39. The van der Waals surface area contributed by atoms with Crippen molar-refractivity contribution in [1.29, 1.82) is 0 Å². The monoisotopic (exact) mass is 130 g/mol. The maximum Gasteiger partial charge on any atom is 0.306 e. The summed E-state index contributed by atoms with van der Waals surface area (Å²) in [7, 11) is 0. The van der Waals surface area contributed by atoms with Crippen LogP contribution < -0.4 is 0 Å². The van der Waals surface area contributed by atoms with Crippen LogP contribution in [0.5, 0.6) is 0 Å². The maximum atomic E-state index is 10.4. The van der Waals surface area contributed by atoms with Gasteiger partial charge in [-0.3, -0.25) is 4.79 Å². The molecule has 0 bridgehead atoms. The zero-order chi connectivity index (χ0) is 6.85. The Morgan fingerprint density at radius 2 is 2.56 bits per heavy atom. The first-order chi connectivity index (χ1) is 4.20. The maximum absolute atomic E-state index is 10.4. The Hall–Kier alpha value is -0.570. The first-order valence-corrected chi connectivity index (χ1v) is 3.04. The van der Waals surface area contributed by atoms with Gasteiger partial charge in [0.1, 0.15) is 0 Å². The summed E-state index contributed by atoms with van der Waals surface area (Å²) in [6, 6.07) is 0. The second kappa shape index (κ2) is 2.35. The summed E-state index contributed by atoms with van der Waals surface area (Å²) in [4.78, 5) is 10.4. The topological polar surface area (TPSA) is 46.5 Å². The molecule has 0 aromatic heterocycles. The molecule has 0 radical (unpaired) electrons. The van der Waals surface area contributed by atoms with Gasteiger partial charge in [-0.05, 0) is 6.92 Å². The summed E-state index contributed by atoms with van der Waals surface area (Å²) in [6.07, 6.45) is -0.0473. The minimum absolute atomic E-state index is 0.0255. The van der Waals surface area contributed by atoms with Gasteiger partial charge >= 0.3 is 5.97 Å². The highest BCUT2D eigenvalue weighted by molar-refractivity contribution is 5.71. The Balaban J connectivity index is 2.39. The van der Waals surface area contributed by atoms with Crippen LogP contribution in [0.15, 0.2) is 0 Å². The van der Waals surface area contributed by atoms with E-state index in [-0.39, 0.29) is 11.9 Å². The van der Waals surface area contributed by atoms with E-state index in [0.717, 1.165) is 0 Å². The Labute approximate surface area is 53.6 Å². The van der Waals surface area contributed by atoms with E-state index in [9.17, 15) is 4.79 Å². The Kier molecular flexibility index (Phi) is 1.71. The number of aliphatic hydroxyl groups is 1. The van der Waals surface area contributed by atoms with E-state index in [2.05, 4.69) is 4.74 Å². The van der Waals surface area contributed by atoms with Crippen LogP contribution in [0.3, 0.4) is 0 Å². The van der Waals surface area contributed by atoms with Crippen molar-refractivity contribution < 1.29 is 14.6 Å². The van der Waals surface area contributed by atoms with Crippen molar-refractivity contribution in [2.75, 3.05) is 6.61 Å². The van der Waals surface area contributed by atoms with Gasteiger partial charge in [-0.1, -0.05) is 0 Å². The van der Waals surface area contributed by atoms with Gasteiger partial charge in [0.05, 0.1) is 19.1 Å². The van der Waals surface area contributed by atoms with Gasteiger partial charge in [0, 0.05) is 5.92 Å². The van der Waals surface area contributed by atoms with Crippen molar-refractivity contribution in [2.24, 2.45) is 5.92 Å². The van der Waals surface area contributed by atoms with Crippen molar-refractivity contribution in [3.63, 3.8) is 0 Å². The lowest BCUT2D eigenvalue weighted by atomic mass is 10.0. The van der Waals surface area contributed by atoms with E-state index in [0.29, 0.717) is 13.0 Å². The van der Waals surface area contributed by atoms with Crippen LogP contribution in [0.25, 0.3) is 0 Å². The van der Waals surface area contributed by atoms with Crippen LogP contribution in [0.1, 0.15) is 13.3 Å². The summed E-state index contributed by atoms with van der Waals surface area (Å²) in [5, 5.41) is 8.94. The molecule has 9 heavy (non-hydrogen) atoms. The van der Waals surface area contributed by atoms with E-state index >= 15 is 0 Å². The van der Waals surface area contributed by atoms with Crippen LogP contribution in [-0.4, -0.2) is 23.8 Å². The standard InChI is InChI=1S/C6H10O3/c1-4(7)5-2-6(8)9-3-5/h4-5,7H,2-3H2,1H3/t4-,5+/m1/s1. The number of rotatable bonds is 1. The van der Waals surface area contributed by atoms with Crippen LogP contribution in [0.4, 0.5) is 0 Å². The number of ether oxygens (including phenoxy) is 1. The van der Waals surface area contributed by atoms with Crippen molar-refractivity contribution in [2.45, 2.75) is 19.4 Å². The first-order valence-electron chi connectivity index (χ1n) is 3.04. The molecule has 1 N–H and O–H groups in total. The average molecular weight is 130 g/mol. The molecule has 2 atom stereocenters. The van der Waals surface area contributed by atoms with Crippen molar-refractivity contribution in [1.82, 2.24) is 0 Å².